The van der Waals surface area contributed by atoms with Crippen molar-refractivity contribution in [1.29, 1.82) is 0 Å². The van der Waals surface area contributed by atoms with Crippen LogP contribution < -0.4 is 16.4 Å². The highest BCUT2D eigenvalue weighted by atomic mass is 32.1. The third-order valence-corrected chi connectivity index (χ3v) is 3.37. The number of hydrogen-bond donors (Lipinski definition) is 3. The van der Waals surface area contributed by atoms with Gasteiger partial charge in [0.25, 0.3) is 5.91 Å². The van der Waals surface area contributed by atoms with Crippen molar-refractivity contribution in [3.63, 3.8) is 0 Å². The number of hydrogen-bond acceptors (Lipinski definition) is 6. The summed E-state index contributed by atoms with van der Waals surface area (Å²) in [6.45, 7) is 4.25. The van der Waals surface area contributed by atoms with Crippen molar-refractivity contribution >= 4 is 34.1 Å². The van der Waals surface area contributed by atoms with Crippen molar-refractivity contribution in [1.82, 2.24) is 15.2 Å². The zero-order valence-electron chi connectivity index (χ0n) is 11.5. The van der Waals surface area contributed by atoms with E-state index >= 15 is 0 Å². The Balaban J connectivity index is 2.75. The van der Waals surface area contributed by atoms with Crippen LogP contribution in [0, 0.1) is 0 Å². The lowest BCUT2D eigenvalue weighted by Gasteiger charge is -2.17. The maximum atomic E-state index is 12.0. The summed E-state index contributed by atoms with van der Waals surface area (Å²) in [5.41, 5.74) is 5.69. The number of thiazole rings is 1. The average molecular weight is 285 g/mol. The molecule has 4 N–H and O–H groups in total. The van der Waals surface area contributed by atoms with Gasteiger partial charge in [-0.05, 0) is 13.8 Å². The molecule has 0 spiro atoms. The molecule has 19 heavy (non-hydrogen) atoms. The Hall–Kier alpha value is -1.83. The molecule has 1 unspecified atom stereocenters. The molecule has 0 aliphatic heterocycles. The third kappa shape index (κ3) is 3.82. The van der Waals surface area contributed by atoms with Crippen molar-refractivity contribution in [2.24, 2.45) is 0 Å². The normalized spacial score (nSPS) is 11.8. The van der Waals surface area contributed by atoms with E-state index in [1.165, 1.54) is 16.2 Å². The standard InChI is InChI=1S/C11H19N5O2S/c1-5-13-11-15-8(12)7(19-11)9(17)14-6(2)10(18)16(3)4/h6H,5,12H2,1-4H3,(H,13,15)(H,14,17). The van der Waals surface area contributed by atoms with E-state index in [1.54, 1.807) is 21.0 Å². The van der Waals surface area contributed by atoms with Crippen molar-refractivity contribution in [2.75, 3.05) is 31.7 Å². The zero-order valence-corrected chi connectivity index (χ0v) is 12.3. The van der Waals surface area contributed by atoms with Crippen LogP contribution in [0.2, 0.25) is 0 Å². The van der Waals surface area contributed by atoms with Crippen LogP contribution >= 0.6 is 11.3 Å². The summed E-state index contributed by atoms with van der Waals surface area (Å²) in [5.74, 6) is -0.395. The molecule has 7 nitrogen and oxygen atoms in total. The third-order valence-electron chi connectivity index (χ3n) is 2.35. The predicted octanol–water partition coefficient (Wildman–Crippen LogP) is 0.364. The molecule has 1 aromatic heterocycles. The number of carbonyl (C=O) groups excluding carboxylic acids is 2. The Morgan fingerprint density at radius 2 is 2.11 bits per heavy atom. The second-order valence-electron chi connectivity index (χ2n) is 4.19. The van der Waals surface area contributed by atoms with Gasteiger partial charge in [-0.25, -0.2) is 4.98 Å². The number of amides is 2. The molecule has 2 amide bonds. The molecule has 0 bridgehead atoms. The predicted molar refractivity (Wildman–Crippen MR) is 76.3 cm³/mol. The van der Waals surface area contributed by atoms with Gasteiger partial charge in [0.1, 0.15) is 16.7 Å². The summed E-state index contributed by atoms with van der Waals surface area (Å²) < 4.78 is 0. The zero-order chi connectivity index (χ0) is 14.6. The summed E-state index contributed by atoms with van der Waals surface area (Å²) in [7, 11) is 3.27. The van der Waals surface area contributed by atoms with Gasteiger partial charge in [-0.3, -0.25) is 9.59 Å². The molecule has 0 fully saturated rings. The summed E-state index contributed by atoms with van der Waals surface area (Å²) in [5, 5.41) is 6.19. The minimum Gasteiger partial charge on any atom is -0.382 e. The highest BCUT2D eigenvalue weighted by Gasteiger charge is 2.21. The van der Waals surface area contributed by atoms with Crippen LogP contribution in [0.25, 0.3) is 0 Å². The topological polar surface area (TPSA) is 100 Å². The molecule has 8 heteroatoms. The Labute approximate surface area is 116 Å². The number of nitrogens with zero attached hydrogens (tertiary/aromatic N) is 2. The fourth-order valence-corrected chi connectivity index (χ4v) is 2.29. The maximum absolute atomic E-state index is 12.0. The number of nitrogens with two attached hydrogens (primary N) is 1. The van der Waals surface area contributed by atoms with Crippen molar-refractivity contribution in [2.45, 2.75) is 19.9 Å². The van der Waals surface area contributed by atoms with E-state index in [9.17, 15) is 9.59 Å². The smallest absolute Gasteiger partial charge is 0.265 e. The van der Waals surface area contributed by atoms with Crippen LogP contribution in [-0.2, 0) is 4.79 Å². The largest absolute Gasteiger partial charge is 0.382 e. The number of aromatic nitrogens is 1. The van der Waals surface area contributed by atoms with E-state index < -0.39 is 6.04 Å². The molecule has 1 heterocycles. The first-order valence-corrected chi connectivity index (χ1v) is 6.70. The van der Waals surface area contributed by atoms with Crippen LogP contribution in [0.5, 0.6) is 0 Å². The van der Waals surface area contributed by atoms with Gasteiger partial charge >= 0.3 is 0 Å². The Morgan fingerprint density at radius 3 is 2.63 bits per heavy atom. The van der Waals surface area contributed by atoms with Crippen LogP contribution in [0.15, 0.2) is 0 Å². The van der Waals surface area contributed by atoms with Gasteiger partial charge < -0.3 is 21.3 Å². The number of carbonyl (C=O) groups is 2. The molecule has 0 saturated heterocycles. The number of likely N-dealkylation sites (N-methyl/N-ethyl adjacent to an activating group) is 1. The van der Waals surface area contributed by atoms with Crippen LogP contribution in [-0.4, -0.2) is 48.4 Å². The van der Waals surface area contributed by atoms with E-state index in [4.69, 9.17) is 5.73 Å². The van der Waals surface area contributed by atoms with Gasteiger partial charge in [-0.2, -0.15) is 0 Å². The van der Waals surface area contributed by atoms with E-state index in [-0.39, 0.29) is 17.6 Å². The first kappa shape index (κ1) is 15.2. The van der Waals surface area contributed by atoms with Crippen molar-refractivity contribution < 1.29 is 9.59 Å². The van der Waals surface area contributed by atoms with Gasteiger partial charge in [-0.1, -0.05) is 11.3 Å². The lowest BCUT2D eigenvalue weighted by molar-refractivity contribution is -0.130. The minimum absolute atomic E-state index is 0.169. The number of rotatable bonds is 5. The quantitative estimate of drug-likeness (QED) is 0.725. The minimum atomic E-state index is -0.605. The van der Waals surface area contributed by atoms with E-state index in [0.29, 0.717) is 16.6 Å². The lowest BCUT2D eigenvalue weighted by Crippen LogP contribution is -2.44. The molecule has 0 saturated carbocycles. The summed E-state index contributed by atoms with van der Waals surface area (Å²) >= 11 is 1.17. The Kier molecular flexibility index (Phi) is 5.11. The second-order valence-corrected chi connectivity index (χ2v) is 5.19. The van der Waals surface area contributed by atoms with Gasteiger partial charge in [0.2, 0.25) is 5.91 Å². The SMILES string of the molecule is CCNc1nc(N)c(C(=O)NC(C)C(=O)N(C)C)s1. The molecule has 1 aromatic rings. The van der Waals surface area contributed by atoms with Crippen LogP contribution in [0.3, 0.4) is 0 Å². The monoisotopic (exact) mass is 285 g/mol. The molecule has 1 rings (SSSR count). The molecule has 0 aliphatic carbocycles. The fourth-order valence-electron chi connectivity index (χ4n) is 1.43. The highest BCUT2D eigenvalue weighted by Crippen LogP contribution is 2.24. The molecule has 0 aromatic carbocycles. The van der Waals surface area contributed by atoms with Gasteiger partial charge in [0.15, 0.2) is 5.13 Å². The van der Waals surface area contributed by atoms with E-state index in [2.05, 4.69) is 15.6 Å². The summed E-state index contributed by atoms with van der Waals surface area (Å²) in [4.78, 5) is 29.4. The molecule has 106 valence electrons. The maximum Gasteiger partial charge on any atom is 0.265 e. The van der Waals surface area contributed by atoms with Crippen molar-refractivity contribution in [3.8, 4) is 0 Å². The number of nitrogen functional groups attached to an aromatic ring is 1. The molecular weight excluding hydrogens is 266 g/mol. The lowest BCUT2D eigenvalue weighted by atomic mass is 10.3. The summed E-state index contributed by atoms with van der Waals surface area (Å²) in [6.07, 6.45) is 0. The first-order chi connectivity index (χ1) is 8.86. The molecule has 1 atom stereocenters. The first-order valence-electron chi connectivity index (χ1n) is 5.89. The van der Waals surface area contributed by atoms with Gasteiger partial charge in [0.05, 0.1) is 0 Å². The van der Waals surface area contributed by atoms with Crippen LogP contribution in [0.4, 0.5) is 10.9 Å². The average Bonchev–Trinajstić information content (AvgIpc) is 2.69. The fraction of sp³-hybridized carbons (Fsp3) is 0.545. The van der Waals surface area contributed by atoms with E-state index in [0.717, 1.165) is 0 Å². The van der Waals surface area contributed by atoms with Gasteiger partial charge in [-0.15, -0.1) is 0 Å². The Morgan fingerprint density at radius 1 is 1.47 bits per heavy atom. The Bertz CT molecular complexity index is 472. The summed E-state index contributed by atoms with van der Waals surface area (Å²) in [6, 6.07) is -0.605. The molecule has 0 radical (unpaired) electrons. The number of nitrogens with one attached hydrogen (secondary N) is 2. The van der Waals surface area contributed by atoms with Crippen molar-refractivity contribution in [3.05, 3.63) is 4.88 Å². The molecular formula is C11H19N5O2S. The second kappa shape index (κ2) is 6.37. The molecule has 0 aliphatic rings. The van der Waals surface area contributed by atoms with E-state index in [1.807, 2.05) is 6.92 Å². The van der Waals surface area contributed by atoms with Crippen LogP contribution in [0.1, 0.15) is 23.5 Å². The van der Waals surface area contributed by atoms with Gasteiger partial charge in [0, 0.05) is 20.6 Å². The number of anilines is 2. The highest BCUT2D eigenvalue weighted by molar-refractivity contribution is 7.18.